The maximum absolute atomic E-state index is 13.9. The van der Waals surface area contributed by atoms with E-state index in [2.05, 4.69) is 15.3 Å². The molecule has 1 N–H and O–H groups in total. The summed E-state index contributed by atoms with van der Waals surface area (Å²) in [6.45, 7) is 3.04. The number of aromatic nitrogens is 3. The van der Waals surface area contributed by atoms with Crippen LogP contribution in [0, 0.1) is 18.7 Å². The maximum Gasteiger partial charge on any atom is 0.295 e. The monoisotopic (exact) mass is 471 g/mol. The molecule has 1 amide bonds. The van der Waals surface area contributed by atoms with E-state index in [1.807, 2.05) is 41.3 Å². The molecule has 0 bridgehead atoms. The standard InChI is InChI=1S/C27H26FN5O2/c1-18-11-12-21(15-22(18)28)30-26(34)20-9-6-14-32(17-20)25-27(35)33(16-19-7-3-2-4-8-19)24-23(31-25)10-5-13-29-24/h2-5,7-8,10-13,15,20H,6,9,14,16-17H2,1H3,(H,30,34)/t20-/m1/s1. The first-order valence-corrected chi connectivity index (χ1v) is 11.7. The molecular weight excluding hydrogens is 445 g/mol. The number of rotatable bonds is 5. The van der Waals surface area contributed by atoms with Gasteiger partial charge in [-0.05, 0) is 55.2 Å². The number of piperidine rings is 1. The van der Waals surface area contributed by atoms with Crippen molar-refractivity contribution in [3.05, 3.63) is 94.2 Å². The van der Waals surface area contributed by atoms with Crippen molar-refractivity contribution in [2.75, 3.05) is 23.3 Å². The number of halogens is 1. The molecule has 0 aliphatic carbocycles. The lowest BCUT2D eigenvalue weighted by atomic mass is 9.97. The third-order valence-corrected chi connectivity index (χ3v) is 6.40. The van der Waals surface area contributed by atoms with Crippen molar-refractivity contribution in [2.24, 2.45) is 5.92 Å². The summed E-state index contributed by atoms with van der Waals surface area (Å²) in [5.41, 5.74) is 2.85. The zero-order valence-corrected chi connectivity index (χ0v) is 19.4. The molecule has 7 nitrogen and oxygen atoms in total. The molecule has 1 fully saturated rings. The van der Waals surface area contributed by atoms with Crippen LogP contribution >= 0.6 is 0 Å². The second-order valence-corrected chi connectivity index (χ2v) is 8.90. The number of nitrogens with zero attached hydrogens (tertiary/aromatic N) is 4. The van der Waals surface area contributed by atoms with E-state index in [0.29, 0.717) is 54.3 Å². The Morgan fingerprint density at radius 3 is 2.77 bits per heavy atom. The fourth-order valence-corrected chi connectivity index (χ4v) is 4.48. The van der Waals surface area contributed by atoms with Crippen LogP contribution in [0.2, 0.25) is 0 Å². The minimum Gasteiger partial charge on any atom is -0.351 e. The smallest absolute Gasteiger partial charge is 0.295 e. The Labute approximate surface area is 202 Å². The topological polar surface area (TPSA) is 80.1 Å². The number of amides is 1. The van der Waals surface area contributed by atoms with Crippen molar-refractivity contribution >= 4 is 28.6 Å². The van der Waals surface area contributed by atoms with Gasteiger partial charge in [0.05, 0.1) is 12.5 Å². The first-order valence-electron chi connectivity index (χ1n) is 11.7. The molecule has 1 aliphatic rings. The number of hydrogen-bond donors (Lipinski definition) is 1. The summed E-state index contributed by atoms with van der Waals surface area (Å²) in [4.78, 5) is 37.5. The number of benzene rings is 2. The van der Waals surface area contributed by atoms with E-state index < -0.39 is 0 Å². The van der Waals surface area contributed by atoms with Crippen LogP contribution in [-0.4, -0.2) is 33.5 Å². The van der Waals surface area contributed by atoms with Crippen LogP contribution in [0.4, 0.5) is 15.9 Å². The highest BCUT2D eigenvalue weighted by molar-refractivity contribution is 5.93. The van der Waals surface area contributed by atoms with E-state index in [1.165, 1.54) is 6.07 Å². The zero-order chi connectivity index (χ0) is 24.4. The summed E-state index contributed by atoms with van der Waals surface area (Å²) in [5.74, 6) is -0.576. The fraction of sp³-hybridized carbons (Fsp3) is 0.259. The molecule has 0 saturated carbocycles. The highest BCUT2D eigenvalue weighted by atomic mass is 19.1. The lowest BCUT2D eigenvalue weighted by Gasteiger charge is -2.32. The molecule has 0 spiro atoms. The number of carbonyl (C=O) groups is 1. The molecule has 4 aromatic rings. The van der Waals surface area contributed by atoms with Gasteiger partial charge in [-0.1, -0.05) is 36.4 Å². The van der Waals surface area contributed by atoms with Crippen LogP contribution in [0.15, 0.2) is 71.7 Å². The first-order chi connectivity index (χ1) is 17.0. The van der Waals surface area contributed by atoms with Gasteiger partial charge < -0.3 is 10.2 Å². The average Bonchev–Trinajstić information content (AvgIpc) is 2.88. The largest absolute Gasteiger partial charge is 0.351 e. The van der Waals surface area contributed by atoms with Crippen LogP contribution in [0.5, 0.6) is 0 Å². The number of anilines is 2. The normalized spacial score (nSPS) is 15.8. The minimum absolute atomic E-state index is 0.190. The Hall–Kier alpha value is -4.07. The van der Waals surface area contributed by atoms with Gasteiger partial charge >= 0.3 is 0 Å². The van der Waals surface area contributed by atoms with Gasteiger partial charge in [0.1, 0.15) is 11.3 Å². The summed E-state index contributed by atoms with van der Waals surface area (Å²) in [6, 6.07) is 18.0. The molecule has 2 aromatic heterocycles. The minimum atomic E-state index is -0.360. The van der Waals surface area contributed by atoms with Crippen LogP contribution in [0.1, 0.15) is 24.0 Å². The first kappa shape index (κ1) is 22.7. The average molecular weight is 472 g/mol. The van der Waals surface area contributed by atoms with Crippen molar-refractivity contribution in [2.45, 2.75) is 26.3 Å². The Morgan fingerprint density at radius 2 is 1.97 bits per heavy atom. The SMILES string of the molecule is Cc1ccc(NC(=O)[C@@H]2CCCN(c3nc4cccnc4n(Cc4ccccc4)c3=O)C2)cc1F. The molecule has 1 atom stereocenters. The second-order valence-electron chi connectivity index (χ2n) is 8.90. The summed E-state index contributed by atoms with van der Waals surface area (Å²) in [5, 5.41) is 2.82. The van der Waals surface area contributed by atoms with E-state index in [4.69, 9.17) is 0 Å². The van der Waals surface area contributed by atoms with Crippen LogP contribution < -0.4 is 15.8 Å². The molecule has 1 saturated heterocycles. The highest BCUT2D eigenvalue weighted by Gasteiger charge is 2.29. The van der Waals surface area contributed by atoms with Gasteiger partial charge in [0.2, 0.25) is 5.91 Å². The Balaban J connectivity index is 1.43. The Bertz CT molecular complexity index is 1440. The number of fused-ring (bicyclic) bond motifs is 1. The number of pyridine rings is 1. The molecule has 3 heterocycles. The highest BCUT2D eigenvalue weighted by Crippen LogP contribution is 2.23. The molecule has 2 aromatic carbocycles. The van der Waals surface area contributed by atoms with Gasteiger partial charge in [-0.3, -0.25) is 14.2 Å². The quantitative estimate of drug-likeness (QED) is 0.473. The lowest BCUT2D eigenvalue weighted by Crippen LogP contribution is -2.44. The number of carbonyl (C=O) groups excluding carboxylic acids is 1. The van der Waals surface area contributed by atoms with Gasteiger partial charge in [-0.25, -0.2) is 14.4 Å². The van der Waals surface area contributed by atoms with E-state index in [-0.39, 0.29) is 23.2 Å². The number of hydrogen-bond acceptors (Lipinski definition) is 5. The molecule has 0 radical (unpaired) electrons. The Kier molecular flexibility index (Phi) is 6.27. The third kappa shape index (κ3) is 4.77. The Morgan fingerprint density at radius 1 is 1.14 bits per heavy atom. The lowest BCUT2D eigenvalue weighted by molar-refractivity contribution is -0.120. The van der Waals surface area contributed by atoms with Gasteiger partial charge in [0.25, 0.3) is 5.56 Å². The van der Waals surface area contributed by atoms with E-state index >= 15 is 0 Å². The van der Waals surface area contributed by atoms with Crippen LogP contribution in [0.25, 0.3) is 11.2 Å². The van der Waals surface area contributed by atoms with Crippen molar-refractivity contribution < 1.29 is 9.18 Å². The molecular formula is C27H26FN5O2. The van der Waals surface area contributed by atoms with Crippen LogP contribution in [0.3, 0.4) is 0 Å². The summed E-state index contributed by atoms with van der Waals surface area (Å²) in [6.07, 6.45) is 3.08. The van der Waals surface area contributed by atoms with Crippen molar-refractivity contribution in [3.8, 4) is 0 Å². The zero-order valence-electron chi connectivity index (χ0n) is 19.4. The molecule has 35 heavy (non-hydrogen) atoms. The molecule has 8 heteroatoms. The second kappa shape index (κ2) is 9.66. The van der Waals surface area contributed by atoms with Crippen molar-refractivity contribution in [3.63, 3.8) is 0 Å². The predicted molar refractivity (Wildman–Crippen MR) is 134 cm³/mol. The summed E-state index contributed by atoms with van der Waals surface area (Å²) < 4.78 is 15.6. The van der Waals surface area contributed by atoms with E-state index in [0.717, 1.165) is 12.0 Å². The molecule has 5 rings (SSSR count). The fourth-order valence-electron chi connectivity index (χ4n) is 4.48. The van der Waals surface area contributed by atoms with E-state index in [1.54, 1.807) is 35.9 Å². The summed E-state index contributed by atoms with van der Waals surface area (Å²) in [7, 11) is 0. The van der Waals surface area contributed by atoms with Crippen molar-refractivity contribution in [1.82, 2.24) is 14.5 Å². The molecule has 178 valence electrons. The molecule has 0 unspecified atom stereocenters. The predicted octanol–water partition coefficient (Wildman–Crippen LogP) is 4.14. The molecule has 1 aliphatic heterocycles. The van der Waals surface area contributed by atoms with Gasteiger partial charge in [-0.15, -0.1) is 0 Å². The number of aryl methyl sites for hydroxylation is 1. The van der Waals surface area contributed by atoms with Crippen molar-refractivity contribution in [1.29, 1.82) is 0 Å². The van der Waals surface area contributed by atoms with Gasteiger partial charge in [-0.2, -0.15) is 0 Å². The number of nitrogens with one attached hydrogen (secondary N) is 1. The summed E-state index contributed by atoms with van der Waals surface area (Å²) >= 11 is 0. The van der Waals surface area contributed by atoms with Crippen LogP contribution in [-0.2, 0) is 11.3 Å². The van der Waals surface area contributed by atoms with E-state index in [9.17, 15) is 14.0 Å². The third-order valence-electron chi connectivity index (χ3n) is 6.40. The van der Waals surface area contributed by atoms with Gasteiger partial charge in [0, 0.05) is 25.0 Å². The maximum atomic E-state index is 13.9. The van der Waals surface area contributed by atoms with Gasteiger partial charge in [0.15, 0.2) is 11.5 Å².